The van der Waals surface area contributed by atoms with Crippen molar-refractivity contribution in [1.82, 2.24) is 9.97 Å². The van der Waals surface area contributed by atoms with Crippen LogP contribution in [0.25, 0.3) is 0 Å². The summed E-state index contributed by atoms with van der Waals surface area (Å²) in [6.45, 7) is 9.86. The van der Waals surface area contributed by atoms with Gasteiger partial charge in [0.05, 0.1) is 46.4 Å². The Labute approximate surface area is 120 Å². The van der Waals surface area contributed by atoms with E-state index in [1.807, 2.05) is 0 Å². The van der Waals surface area contributed by atoms with Gasteiger partial charge in [0.25, 0.3) is 0 Å². The Morgan fingerprint density at radius 2 is 1.75 bits per heavy atom. The van der Waals surface area contributed by atoms with Crippen molar-refractivity contribution >= 4 is 11.8 Å². The van der Waals surface area contributed by atoms with Gasteiger partial charge in [0, 0.05) is 24.8 Å². The lowest BCUT2D eigenvalue weighted by Gasteiger charge is -2.32. The van der Waals surface area contributed by atoms with Gasteiger partial charge in [-0.1, -0.05) is 0 Å². The Kier molecular flexibility index (Phi) is 4.03. The highest BCUT2D eigenvalue weighted by atomic mass is 16.5. The molecule has 6 nitrogen and oxygen atoms in total. The normalized spacial score (nSPS) is 21.3. The van der Waals surface area contributed by atoms with Crippen LogP contribution in [0.1, 0.15) is 5.69 Å². The molecular formula is C14H24N5O+. The van der Waals surface area contributed by atoms with Crippen LogP contribution in [0.5, 0.6) is 0 Å². The maximum Gasteiger partial charge on any atom is 0.227 e. The van der Waals surface area contributed by atoms with E-state index < -0.39 is 0 Å². The monoisotopic (exact) mass is 278 g/mol. The van der Waals surface area contributed by atoms with E-state index in [0.29, 0.717) is 0 Å². The van der Waals surface area contributed by atoms with Crippen LogP contribution < -0.4 is 14.7 Å². The summed E-state index contributed by atoms with van der Waals surface area (Å²) in [5.41, 5.74) is 1.04. The maximum atomic E-state index is 5.40. The minimum atomic E-state index is 0.768. The van der Waals surface area contributed by atoms with E-state index in [1.54, 1.807) is 4.90 Å². The summed E-state index contributed by atoms with van der Waals surface area (Å²) in [5, 5.41) is 0. The molecule has 0 aliphatic carbocycles. The summed E-state index contributed by atoms with van der Waals surface area (Å²) in [4.78, 5) is 15.6. The summed E-state index contributed by atoms with van der Waals surface area (Å²) in [7, 11) is 2.25. The minimum absolute atomic E-state index is 0.768. The maximum absolute atomic E-state index is 5.40. The number of piperazine rings is 1. The van der Waals surface area contributed by atoms with Crippen LogP contribution >= 0.6 is 0 Å². The molecule has 2 saturated heterocycles. The van der Waals surface area contributed by atoms with Crippen LogP contribution in [-0.2, 0) is 4.74 Å². The Hall–Kier alpha value is -1.40. The second kappa shape index (κ2) is 5.93. The molecular weight excluding hydrogens is 254 g/mol. The lowest BCUT2D eigenvalue weighted by atomic mass is 10.3. The van der Waals surface area contributed by atoms with Gasteiger partial charge in [0.2, 0.25) is 5.95 Å². The fourth-order valence-corrected chi connectivity index (χ4v) is 2.72. The number of hydrogen-bond acceptors (Lipinski definition) is 5. The number of quaternary nitrogens is 1. The number of nitrogens with one attached hydrogen (secondary N) is 1. The van der Waals surface area contributed by atoms with E-state index in [9.17, 15) is 0 Å². The molecule has 6 heteroatoms. The second-order valence-electron chi connectivity index (χ2n) is 5.71. The van der Waals surface area contributed by atoms with Gasteiger partial charge in [-0.15, -0.1) is 0 Å². The molecule has 1 aromatic heterocycles. The zero-order chi connectivity index (χ0) is 13.9. The van der Waals surface area contributed by atoms with Crippen molar-refractivity contribution in [2.75, 3.05) is 69.3 Å². The third-order valence-corrected chi connectivity index (χ3v) is 4.06. The Morgan fingerprint density at radius 3 is 2.45 bits per heavy atom. The molecule has 0 spiro atoms. The largest absolute Gasteiger partial charge is 0.378 e. The first-order chi connectivity index (χ1) is 9.72. The molecule has 2 aliphatic rings. The Balaban J connectivity index is 1.79. The molecule has 0 atom stereocenters. The molecule has 2 fully saturated rings. The predicted octanol–water partition coefficient (Wildman–Crippen LogP) is -1.04. The molecule has 20 heavy (non-hydrogen) atoms. The van der Waals surface area contributed by atoms with Crippen molar-refractivity contribution in [2.45, 2.75) is 6.92 Å². The van der Waals surface area contributed by atoms with Crippen molar-refractivity contribution < 1.29 is 9.64 Å². The van der Waals surface area contributed by atoms with Gasteiger partial charge in [-0.25, -0.2) is 4.98 Å². The van der Waals surface area contributed by atoms with E-state index in [4.69, 9.17) is 9.72 Å². The predicted molar refractivity (Wildman–Crippen MR) is 78.6 cm³/mol. The van der Waals surface area contributed by atoms with Gasteiger partial charge < -0.3 is 19.4 Å². The van der Waals surface area contributed by atoms with Crippen LogP contribution in [0.15, 0.2) is 6.07 Å². The summed E-state index contributed by atoms with van der Waals surface area (Å²) in [5.74, 6) is 1.93. The highest BCUT2D eigenvalue weighted by Gasteiger charge is 2.21. The number of ether oxygens (including phenoxy) is 1. The first-order valence-electron chi connectivity index (χ1n) is 7.47. The van der Waals surface area contributed by atoms with E-state index in [1.165, 1.54) is 13.1 Å². The summed E-state index contributed by atoms with van der Waals surface area (Å²) >= 11 is 0. The molecule has 0 unspecified atom stereocenters. The van der Waals surface area contributed by atoms with Crippen LogP contribution in [0, 0.1) is 6.92 Å². The van der Waals surface area contributed by atoms with Crippen molar-refractivity contribution in [3.63, 3.8) is 0 Å². The van der Waals surface area contributed by atoms with Crippen molar-refractivity contribution in [2.24, 2.45) is 0 Å². The van der Waals surface area contributed by atoms with Crippen molar-refractivity contribution in [3.8, 4) is 0 Å². The second-order valence-corrected chi connectivity index (χ2v) is 5.71. The number of nitrogens with zero attached hydrogens (tertiary/aromatic N) is 4. The van der Waals surface area contributed by atoms with Crippen molar-refractivity contribution in [1.29, 1.82) is 0 Å². The first-order valence-corrected chi connectivity index (χ1v) is 7.47. The van der Waals surface area contributed by atoms with Crippen LogP contribution in [-0.4, -0.2) is 69.5 Å². The van der Waals surface area contributed by atoms with Crippen LogP contribution in [0.2, 0.25) is 0 Å². The molecule has 1 aromatic rings. The lowest BCUT2D eigenvalue weighted by Crippen LogP contribution is -3.12. The standard InChI is InChI=1S/C14H23N5O/c1-12-11-13(18-5-3-17(2)4-6-18)16-14(15-12)19-7-9-20-10-8-19/h11H,3-10H2,1-2H3/p+1. The van der Waals surface area contributed by atoms with E-state index >= 15 is 0 Å². The number of aromatic nitrogens is 2. The zero-order valence-corrected chi connectivity index (χ0v) is 12.4. The topological polar surface area (TPSA) is 45.9 Å². The molecule has 1 N–H and O–H groups in total. The van der Waals surface area contributed by atoms with Gasteiger partial charge in [-0.05, 0) is 6.92 Å². The van der Waals surface area contributed by atoms with E-state index in [0.717, 1.165) is 56.9 Å². The lowest BCUT2D eigenvalue weighted by molar-refractivity contribution is -0.880. The number of hydrogen-bond donors (Lipinski definition) is 1. The SMILES string of the molecule is Cc1cc(N2CC[NH+](C)CC2)nc(N2CCOCC2)n1. The molecule has 0 bridgehead atoms. The number of anilines is 2. The average molecular weight is 278 g/mol. The highest BCUT2D eigenvalue weighted by molar-refractivity contribution is 5.46. The quantitative estimate of drug-likeness (QED) is 0.748. The van der Waals surface area contributed by atoms with Gasteiger partial charge in [-0.2, -0.15) is 4.98 Å². The third kappa shape index (κ3) is 3.02. The summed E-state index contributed by atoms with van der Waals surface area (Å²) < 4.78 is 5.40. The van der Waals surface area contributed by atoms with Crippen LogP contribution in [0.4, 0.5) is 11.8 Å². The number of likely N-dealkylation sites (N-methyl/N-ethyl adjacent to an activating group) is 1. The molecule has 0 saturated carbocycles. The van der Waals surface area contributed by atoms with Gasteiger partial charge in [0.1, 0.15) is 5.82 Å². The van der Waals surface area contributed by atoms with Gasteiger partial charge in [0.15, 0.2) is 0 Å². The summed E-state index contributed by atoms with van der Waals surface area (Å²) in [6, 6.07) is 2.10. The molecule has 110 valence electrons. The van der Waals surface area contributed by atoms with Gasteiger partial charge in [-0.3, -0.25) is 0 Å². The molecule has 0 aromatic carbocycles. The fourth-order valence-electron chi connectivity index (χ4n) is 2.72. The van der Waals surface area contributed by atoms with Crippen LogP contribution in [0.3, 0.4) is 0 Å². The van der Waals surface area contributed by atoms with E-state index in [2.05, 4.69) is 34.8 Å². The molecule has 3 rings (SSSR count). The number of rotatable bonds is 2. The molecule has 2 aliphatic heterocycles. The Bertz CT molecular complexity index is 453. The highest BCUT2D eigenvalue weighted by Crippen LogP contribution is 2.18. The fraction of sp³-hybridized carbons (Fsp3) is 0.714. The first kappa shape index (κ1) is 13.6. The minimum Gasteiger partial charge on any atom is -0.378 e. The number of morpholine rings is 1. The smallest absolute Gasteiger partial charge is 0.227 e. The summed E-state index contributed by atoms with van der Waals surface area (Å²) in [6.07, 6.45) is 0. The molecule has 0 amide bonds. The number of aryl methyl sites for hydroxylation is 1. The van der Waals surface area contributed by atoms with Crippen molar-refractivity contribution in [3.05, 3.63) is 11.8 Å². The van der Waals surface area contributed by atoms with Gasteiger partial charge >= 0.3 is 0 Å². The Morgan fingerprint density at radius 1 is 1.05 bits per heavy atom. The molecule has 3 heterocycles. The average Bonchev–Trinajstić information content (AvgIpc) is 2.48. The third-order valence-electron chi connectivity index (χ3n) is 4.06. The zero-order valence-electron chi connectivity index (χ0n) is 12.4. The van der Waals surface area contributed by atoms with E-state index in [-0.39, 0.29) is 0 Å². The molecule has 0 radical (unpaired) electrons.